The first-order chi connectivity index (χ1) is 6.67. The Labute approximate surface area is 94.4 Å². The highest BCUT2D eigenvalue weighted by atomic mass is 35.5. The van der Waals surface area contributed by atoms with Gasteiger partial charge in [-0.1, -0.05) is 12.1 Å². The summed E-state index contributed by atoms with van der Waals surface area (Å²) in [6.07, 6.45) is 0.951. The average molecular weight is 234 g/mol. The zero-order chi connectivity index (χ0) is 10.6. The summed E-state index contributed by atoms with van der Waals surface area (Å²) in [4.78, 5) is 0. The van der Waals surface area contributed by atoms with Gasteiger partial charge in [-0.15, -0.1) is 12.4 Å². The van der Waals surface area contributed by atoms with Crippen molar-refractivity contribution in [2.24, 2.45) is 5.73 Å². The molecule has 1 nitrogen and oxygen atoms in total. The predicted molar refractivity (Wildman–Crippen MR) is 60.3 cm³/mol. The maximum absolute atomic E-state index is 12.9. The molecule has 0 unspecified atom stereocenters. The molecule has 0 aliphatic carbocycles. The minimum absolute atomic E-state index is 0. The van der Waals surface area contributed by atoms with Crippen molar-refractivity contribution in [2.75, 3.05) is 6.54 Å². The summed E-state index contributed by atoms with van der Waals surface area (Å²) in [5.41, 5.74) is 7.27. The van der Waals surface area contributed by atoms with Crippen LogP contribution in [0.15, 0.2) is 30.1 Å². The molecule has 0 radical (unpaired) electrons. The molecule has 0 saturated carbocycles. The van der Waals surface area contributed by atoms with Crippen LogP contribution >= 0.6 is 12.4 Å². The van der Waals surface area contributed by atoms with Gasteiger partial charge in [0.1, 0.15) is 5.82 Å². The van der Waals surface area contributed by atoms with Crippen LogP contribution in [0.1, 0.15) is 11.1 Å². The molecular formula is C11H14ClF2N. The Morgan fingerprint density at radius 1 is 1.47 bits per heavy atom. The second kappa shape index (κ2) is 6.53. The molecule has 2 N–H and O–H groups in total. The van der Waals surface area contributed by atoms with Crippen LogP contribution in [0.2, 0.25) is 0 Å². The van der Waals surface area contributed by atoms with E-state index in [1.54, 1.807) is 19.1 Å². The van der Waals surface area contributed by atoms with Crippen LogP contribution in [0.4, 0.5) is 8.78 Å². The molecule has 1 rings (SSSR count). The zero-order valence-corrected chi connectivity index (χ0v) is 9.28. The summed E-state index contributed by atoms with van der Waals surface area (Å²) in [5.74, 6) is -0.243. The van der Waals surface area contributed by atoms with Crippen molar-refractivity contribution in [1.82, 2.24) is 0 Å². The first-order valence-electron chi connectivity index (χ1n) is 4.40. The third-order valence-corrected chi connectivity index (χ3v) is 2.07. The van der Waals surface area contributed by atoms with Gasteiger partial charge < -0.3 is 5.73 Å². The third-order valence-electron chi connectivity index (χ3n) is 2.07. The van der Waals surface area contributed by atoms with Crippen molar-refractivity contribution < 1.29 is 8.78 Å². The summed E-state index contributed by atoms with van der Waals surface area (Å²) in [6, 6.07) is 4.73. The lowest BCUT2D eigenvalue weighted by Gasteiger charge is -2.04. The van der Waals surface area contributed by atoms with Gasteiger partial charge in [-0.2, -0.15) is 0 Å². The number of hydrogen-bond acceptors (Lipinski definition) is 1. The number of hydrogen-bond donors (Lipinski definition) is 1. The van der Waals surface area contributed by atoms with Crippen LogP contribution in [0.25, 0.3) is 0 Å². The van der Waals surface area contributed by atoms with Crippen LogP contribution in [-0.2, 0) is 6.42 Å². The molecule has 0 amide bonds. The second-order valence-corrected chi connectivity index (χ2v) is 3.23. The van der Waals surface area contributed by atoms with Gasteiger partial charge in [0.15, 0.2) is 0 Å². The van der Waals surface area contributed by atoms with E-state index in [1.165, 1.54) is 6.07 Å². The van der Waals surface area contributed by atoms with Gasteiger partial charge in [0, 0.05) is 6.54 Å². The molecule has 0 fully saturated rings. The minimum Gasteiger partial charge on any atom is -0.327 e. The standard InChI is InChI=1S/C11H13F2N.ClH/c1-8-4-9(2-3-11(8)13)5-10(6-12)7-14;/h2-4,6H,5,7,14H2,1H3;1H/b10-6-;. The Bertz CT molecular complexity index is 350. The molecule has 1 aromatic carbocycles. The fraction of sp³-hybridized carbons (Fsp3) is 0.273. The summed E-state index contributed by atoms with van der Waals surface area (Å²) in [7, 11) is 0. The maximum Gasteiger partial charge on any atom is 0.126 e. The van der Waals surface area contributed by atoms with Gasteiger partial charge in [-0.05, 0) is 36.1 Å². The molecule has 0 atom stereocenters. The number of nitrogens with two attached hydrogens (primary N) is 1. The van der Waals surface area contributed by atoms with E-state index in [0.717, 1.165) is 5.56 Å². The van der Waals surface area contributed by atoms with E-state index in [-0.39, 0.29) is 24.8 Å². The van der Waals surface area contributed by atoms with Crippen molar-refractivity contribution in [3.05, 3.63) is 47.0 Å². The summed E-state index contributed by atoms with van der Waals surface area (Å²) in [6.45, 7) is 1.87. The van der Waals surface area contributed by atoms with E-state index in [0.29, 0.717) is 23.9 Å². The maximum atomic E-state index is 12.9. The lowest BCUT2D eigenvalue weighted by molar-refractivity contribution is 0.617. The molecule has 0 bridgehead atoms. The molecule has 4 heteroatoms. The topological polar surface area (TPSA) is 26.0 Å². The second-order valence-electron chi connectivity index (χ2n) is 3.23. The largest absolute Gasteiger partial charge is 0.327 e. The summed E-state index contributed by atoms with van der Waals surface area (Å²) in [5, 5.41) is 0. The van der Waals surface area contributed by atoms with Gasteiger partial charge in [-0.25, -0.2) is 8.78 Å². The van der Waals surface area contributed by atoms with Crippen molar-refractivity contribution in [1.29, 1.82) is 0 Å². The first kappa shape index (κ1) is 14.1. The van der Waals surface area contributed by atoms with Crippen molar-refractivity contribution in [3.8, 4) is 0 Å². The predicted octanol–water partition coefficient (Wildman–Crippen LogP) is 2.91. The average Bonchev–Trinajstić information content (AvgIpc) is 2.19. The molecule has 1 aromatic rings. The SMILES string of the molecule is Cc1cc(C/C(=C/F)CN)ccc1F.Cl. The number of benzene rings is 1. The molecule has 0 aliphatic heterocycles. The number of halogens is 3. The number of aryl methyl sites for hydroxylation is 1. The Kier molecular flexibility index (Phi) is 6.13. The van der Waals surface area contributed by atoms with E-state index >= 15 is 0 Å². The van der Waals surface area contributed by atoms with E-state index in [1.807, 2.05) is 0 Å². The van der Waals surface area contributed by atoms with Gasteiger partial charge in [0.25, 0.3) is 0 Å². The van der Waals surface area contributed by atoms with Gasteiger partial charge in [0.2, 0.25) is 0 Å². The van der Waals surface area contributed by atoms with Crippen molar-refractivity contribution in [3.63, 3.8) is 0 Å². The van der Waals surface area contributed by atoms with Gasteiger partial charge in [0.05, 0.1) is 6.33 Å². The van der Waals surface area contributed by atoms with Gasteiger partial charge in [-0.3, -0.25) is 0 Å². The monoisotopic (exact) mass is 233 g/mol. The highest BCUT2D eigenvalue weighted by molar-refractivity contribution is 5.85. The minimum atomic E-state index is -0.243. The van der Waals surface area contributed by atoms with Crippen molar-refractivity contribution >= 4 is 12.4 Å². The van der Waals surface area contributed by atoms with E-state index in [2.05, 4.69) is 0 Å². The lowest BCUT2D eigenvalue weighted by atomic mass is 10.0. The molecule has 0 aliphatic rings. The van der Waals surface area contributed by atoms with Gasteiger partial charge >= 0.3 is 0 Å². The highest BCUT2D eigenvalue weighted by Crippen LogP contribution is 2.12. The Morgan fingerprint density at radius 2 is 2.13 bits per heavy atom. The quantitative estimate of drug-likeness (QED) is 0.854. The number of rotatable bonds is 3. The Morgan fingerprint density at radius 3 is 2.60 bits per heavy atom. The van der Waals surface area contributed by atoms with Crippen molar-refractivity contribution in [2.45, 2.75) is 13.3 Å². The van der Waals surface area contributed by atoms with Crippen LogP contribution in [-0.4, -0.2) is 6.54 Å². The van der Waals surface area contributed by atoms with Crippen LogP contribution < -0.4 is 5.73 Å². The summed E-state index contributed by atoms with van der Waals surface area (Å²) < 4.78 is 25.1. The van der Waals surface area contributed by atoms with E-state index in [4.69, 9.17) is 5.73 Å². The molecule has 0 spiro atoms. The molecule has 0 heterocycles. The molecule has 0 saturated heterocycles. The zero-order valence-electron chi connectivity index (χ0n) is 8.47. The fourth-order valence-corrected chi connectivity index (χ4v) is 1.23. The third kappa shape index (κ3) is 3.98. The molecular weight excluding hydrogens is 220 g/mol. The molecule has 15 heavy (non-hydrogen) atoms. The normalized spacial score (nSPS) is 11.1. The molecule has 84 valence electrons. The van der Waals surface area contributed by atoms with Crippen LogP contribution in [0, 0.1) is 12.7 Å². The van der Waals surface area contributed by atoms with Crippen LogP contribution in [0.3, 0.4) is 0 Å². The first-order valence-corrected chi connectivity index (χ1v) is 4.40. The van der Waals surface area contributed by atoms with E-state index in [9.17, 15) is 8.78 Å². The highest BCUT2D eigenvalue weighted by Gasteiger charge is 2.01. The summed E-state index contributed by atoms with van der Waals surface area (Å²) >= 11 is 0. The van der Waals surface area contributed by atoms with Crippen LogP contribution in [0.5, 0.6) is 0 Å². The lowest BCUT2D eigenvalue weighted by Crippen LogP contribution is -2.05. The smallest absolute Gasteiger partial charge is 0.126 e. The Balaban J connectivity index is 0.00000196. The molecule has 0 aromatic heterocycles. The Hall–Kier alpha value is -0.930. The fourth-order valence-electron chi connectivity index (χ4n) is 1.23. The van der Waals surface area contributed by atoms with E-state index < -0.39 is 0 Å².